The molecule has 2 aromatic carbocycles. The number of hydrogen-bond acceptors (Lipinski definition) is 2. The van der Waals surface area contributed by atoms with E-state index in [1.54, 1.807) is 6.92 Å². The van der Waals surface area contributed by atoms with E-state index in [4.69, 9.17) is 0 Å². The van der Waals surface area contributed by atoms with Gasteiger partial charge in [-0.3, -0.25) is 4.79 Å². The number of ketones is 1. The lowest BCUT2D eigenvalue weighted by Crippen LogP contribution is -2.04. The third kappa shape index (κ3) is 5.41. The van der Waals surface area contributed by atoms with Gasteiger partial charge in [0.15, 0.2) is 5.78 Å². The van der Waals surface area contributed by atoms with Crippen LogP contribution in [0.3, 0.4) is 0 Å². The second-order valence-corrected chi connectivity index (χ2v) is 3.94. The fourth-order valence-corrected chi connectivity index (χ4v) is 1.47. The van der Waals surface area contributed by atoms with E-state index in [9.17, 15) is 4.79 Å². The molecule has 2 rings (SSSR count). The molecule has 0 saturated carbocycles. The largest absolute Gasteiger partial charge is 0.316 e. The first kappa shape index (κ1) is 14.1. The molecule has 0 saturated heterocycles. The molecule has 0 bridgehead atoms. The molecule has 18 heavy (non-hydrogen) atoms. The second kappa shape index (κ2) is 8.20. The maximum atomic E-state index is 10.6. The van der Waals surface area contributed by atoms with Gasteiger partial charge in [0.05, 0.1) is 0 Å². The van der Waals surface area contributed by atoms with Gasteiger partial charge in [0.2, 0.25) is 0 Å². The number of nitrogens with one attached hydrogen (secondary N) is 1. The van der Waals surface area contributed by atoms with E-state index in [2.05, 4.69) is 17.4 Å². The highest BCUT2D eigenvalue weighted by atomic mass is 16.1. The standard InChI is InChI=1S/C8H11N.C8H8O/c1-9-7-8-5-3-2-4-6-8;1-7(9)8-5-3-2-4-6-8/h2-6,9H,7H2,1H3;2-6H,1H3. The van der Waals surface area contributed by atoms with E-state index in [0.717, 1.165) is 12.1 Å². The van der Waals surface area contributed by atoms with Crippen molar-refractivity contribution in [2.75, 3.05) is 7.05 Å². The first-order valence-corrected chi connectivity index (χ1v) is 5.98. The second-order valence-electron chi connectivity index (χ2n) is 3.94. The summed E-state index contributed by atoms with van der Waals surface area (Å²) in [5.74, 6) is 0.121. The molecule has 2 heteroatoms. The van der Waals surface area contributed by atoms with Crippen molar-refractivity contribution in [1.82, 2.24) is 5.32 Å². The van der Waals surface area contributed by atoms with Crippen molar-refractivity contribution in [3.8, 4) is 0 Å². The van der Waals surface area contributed by atoms with Crippen LogP contribution in [0.25, 0.3) is 0 Å². The summed E-state index contributed by atoms with van der Waals surface area (Å²) in [6, 6.07) is 19.6. The Morgan fingerprint density at radius 1 is 0.944 bits per heavy atom. The van der Waals surface area contributed by atoms with Crippen LogP contribution in [0, 0.1) is 0 Å². The number of carbonyl (C=O) groups excluding carboxylic acids is 1. The zero-order valence-corrected chi connectivity index (χ0v) is 10.9. The van der Waals surface area contributed by atoms with Crippen LogP contribution in [0.4, 0.5) is 0 Å². The normalized spacial score (nSPS) is 9.22. The molecule has 0 aromatic heterocycles. The Bertz CT molecular complexity index is 451. The number of rotatable bonds is 3. The molecule has 0 spiro atoms. The SMILES string of the molecule is CC(=O)c1ccccc1.CNCc1ccccc1. The van der Waals surface area contributed by atoms with Crippen LogP contribution < -0.4 is 5.32 Å². The summed E-state index contributed by atoms with van der Waals surface area (Å²) < 4.78 is 0. The van der Waals surface area contributed by atoms with Gasteiger partial charge in [-0.1, -0.05) is 60.7 Å². The molecule has 0 aliphatic heterocycles. The lowest BCUT2D eigenvalue weighted by atomic mass is 10.2. The lowest BCUT2D eigenvalue weighted by molar-refractivity contribution is 0.101. The lowest BCUT2D eigenvalue weighted by Gasteiger charge is -1.95. The summed E-state index contributed by atoms with van der Waals surface area (Å²) in [5.41, 5.74) is 2.11. The zero-order chi connectivity index (χ0) is 13.2. The third-order valence-corrected chi connectivity index (χ3v) is 2.40. The minimum absolute atomic E-state index is 0.121. The number of Topliss-reactive ketones (excluding diaryl/α,β-unsaturated/α-hetero) is 1. The summed E-state index contributed by atoms with van der Waals surface area (Å²) in [6.07, 6.45) is 0. The Labute approximate surface area is 109 Å². The van der Waals surface area contributed by atoms with Crippen molar-refractivity contribution in [2.45, 2.75) is 13.5 Å². The van der Waals surface area contributed by atoms with Crippen LogP contribution >= 0.6 is 0 Å². The van der Waals surface area contributed by atoms with Gasteiger partial charge in [-0.2, -0.15) is 0 Å². The molecular formula is C16H19NO. The Morgan fingerprint density at radius 2 is 1.44 bits per heavy atom. The summed E-state index contributed by atoms with van der Waals surface area (Å²) in [6.45, 7) is 2.52. The Balaban J connectivity index is 0.000000180. The van der Waals surface area contributed by atoms with Crippen molar-refractivity contribution in [1.29, 1.82) is 0 Å². The predicted molar refractivity (Wildman–Crippen MR) is 75.7 cm³/mol. The van der Waals surface area contributed by atoms with E-state index < -0.39 is 0 Å². The van der Waals surface area contributed by atoms with Crippen molar-refractivity contribution < 1.29 is 4.79 Å². The molecule has 0 aliphatic rings. The quantitative estimate of drug-likeness (QED) is 0.835. The van der Waals surface area contributed by atoms with Gasteiger partial charge in [0.1, 0.15) is 0 Å². The van der Waals surface area contributed by atoms with Crippen LogP contribution in [0.15, 0.2) is 60.7 Å². The van der Waals surface area contributed by atoms with Crippen molar-refractivity contribution in [2.24, 2.45) is 0 Å². The predicted octanol–water partition coefficient (Wildman–Crippen LogP) is 3.30. The van der Waals surface area contributed by atoms with E-state index in [1.807, 2.05) is 55.6 Å². The third-order valence-electron chi connectivity index (χ3n) is 2.40. The highest BCUT2D eigenvalue weighted by Gasteiger charge is 1.92. The first-order valence-electron chi connectivity index (χ1n) is 5.98. The minimum atomic E-state index is 0.121. The van der Waals surface area contributed by atoms with Gasteiger partial charge in [0, 0.05) is 12.1 Å². The molecular weight excluding hydrogens is 222 g/mol. The summed E-state index contributed by atoms with van der Waals surface area (Å²) in [4.78, 5) is 10.6. The Morgan fingerprint density at radius 3 is 1.83 bits per heavy atom. The average molecular weight is 241 g/mol. The van der Waals surface area contributed by atoms with Gasteiger partial charge in [0.25, 0.3) is 0 Å². The van der Waals surface area contributed by atoms with Crippen molar-refractivity contribution >= 4 is 5.78 Å². The first-order chi connectivity index (χ1) is 8.74. The van der Waals surface area contributed by atoms with Gasteiger partial charge in [-0.15, -0.1) is 0 Å². The average Bonchev–Trinajstić information content (AvgIpc) is 2.42. The molecule has 0 aliphatic carbocycles. The Hall–Kier alpha value is -1.93. The van der Waals surface area contributed by atoms with Crippen molar-refractivity contribution in [3.63, 3.8) is 0 Å². The monoisotopic (exact) mass is 241 g/mol. The van der Waals surface area contributed by atoms with E-state index in [0.29, 0.717) is 0 Å². The number of carbonyl (C=O) groups is 1. The van der Waals surface area contributed by atoms with E-state index >= 15 is 0 Å². The molecule has 0 atom stereocenters. The highest BCUT2D eigenvalue weighted by Crippen LogP contribution is 1.97. The molecule has 94 valence electrons. The van der Waals surface area contributed by atoms with Crippen LogP contribution in [0.2, 0.25) is 0 Å². The van der Waals surface area contributed by atoms with E-state index in [1.165, 1.54) is 5.56 Å². The summed E-state index contributed by atoms with van der Waals surface area (Å²) >= 11 is 0. The molecule has 0 heterocycles. The van der Waals surface area contributed by atoms with Crippen LogP contribution in [0.5, 0.6) is 0 Å². The summed E-state index contributed by atoms with van der Waals surface area (Å²) in [5, 5.41) is 3.08. The highest BCUT2D eigenvalue weighted by molar-refractivity contribution is 5.93. The van der Waals surface area contributed by atoms with Crippen LogP contribution in [-0.2, 0) is 6.54 Å². The molecule has 1 N–H and O–H groups in total. The van der Waals surface area contributed by atoms with Gasteiger partial charge >= 0.3 is 0 Å². The van der Waals surface area contributed by atoms with Crippen LogP contribution in [-0.4, -0.2) is 12.8 Å². The topological polar surface area (TPSA) is 29.1 Å². The molecule has 0 radical (unpaired) electrons. The smallest absolute Gasteiger partial charge is 0.159 e. The van der Waals surface area contributed by atoms with Gasteiger partial charge in [-0.25, -0.2) is 0 Å². The van der Waals surface area contributed by atoms with E-state index in [-0.39, 0.29) is 5.78 Å². The molecule has 0 unspecified atom stereocenters. The maximum Gasteiger partial charge on any atom is 0.159 e. The van der Waals surface area contributed by atoms with Gasteiger partial charge in [-0.05, 0) is 19.5 Å². The van der Waals surface area contributed by atoms with Crippen molar-refractivity contribution in [3.05, 3.63) is 71.8 Å². The zero-order valence-electron chi connectivity index (χ0n) is 10.9. The fourth-order valence-electron chi connectivity index (χ4n) is 1.47. The Kier molecular flexibility index (Phi) is 6.44. The maximum absolute atomic E-state index is 10.6. The molecule has 2 nitrogen and oxygen atoms in total. The summed E-state index contributed by atoms with van der Waals surface area (Å²) in [7, 11) is 1.95. The number of hydrogen-bond donors (Lipinski definition) is 1. The van der Waals surface area contributed by atoms with Crippen LogP contribution in [0.1, 0.15) is 22.8 Å². The molecule has 0 amide bonds. The molecule has 0 fully saturated rings. The van der Waals surface area contributed by atoms with Gasteiger partial charge < -0.3 is 5.32 Å². The molecule has 2 aromatic rings. The fraction of sp³-hybridized carbons (Fsp3) is 0.188. The minimum Gasteiger partial charge on any atom is -0.316 e. The number of benzene rings is 2.